The number of carbonyl (C=O) groups excluding carboxylic acids is 1. The summed E-state index contributed by atoms with van der Waals surface area (Å²) in [4.78, 5) is 11.8. The third-order valence-corrected chi connectivity index (χ3v) is 5.21. The summed E-state index contributed by atoms with van der Waals surface area (Å²) in [5.41, 5.74) is 0.351. The number of carbonyl (C=O) groups is 1. The molecule has 1 fully saturated rings. The monoisotopic (exact) mass is 348 g/mol. The molecule has 2 rings (SSSR count). The van der Waals surface area contributed by atoms with Crippen molar-refractivity contribution < 1.29 is 17.9 Å². The molecule has 0 radical (unpaired) electrons. The highest BCUT2D eigenvalue weighted by atomic mass is 35.5. The Balaban J connectivity index is 0.00000242. The minimum atomic E-state index is -3.51. The second-order valence-electron chi connectivity index (χ2n) is 4.96. The molecule has 0 saturated carbocycles. The Morgan fingerprint density at radius 1 is 1.36 bits per heavy atom. The lowest BCUT2D eigenvalue weighted by Gasteiger charge is -2.31. The molecule has 1 aliphatic heterocycles. The Morgan fingerprint density at radius 2 is 2.00 bits per heavy atom. The highest BCUT2D eigenvalue weighted by Gasteiger charge is 2.28. The van der Waals surface area contributed by atoms with E-state index in [1.165, 1.54) is 28.6 Å². The molecule has 1 atom stereocenters. The van der Waals surface area contributed by atoms with Crippen molar-refractivity contribution in [3.63, 3.8) is 0 Å². The fraction of sp³-hybridized carbons (Fsp3) is 0.500. The van der Waals surface area contributed by atoms with Gasteiger partial charge in [0.15, 0.2) is 0 Å². The summed E-state index contributed by atoms with van der Waals surface area (Å²) < 4.78 is 31.4. The van der Waals surface area contributed by atoms with Crippen molar-refractivity contribution in [2.75, 3.05) is 26.2 Å². The van der Waals surface area contributed by atoms with Gasteiger partial charge in [0, 0.05) is 25.7 Å². The van der Waals surface area contributed by atoms with Gasteiger partial charge in [0.1, 0.15) is 0 Å². The van der Waals surface area contributed by atoms with Crippen LogP contribution >= 0.6 is 12.4 Å². The number of sulfonamides is 1. The largest absolute Gasteiger partial charge is 0.462 e. The molecular formula is C14H21ClN2O4S. The molecule has 22 heavy (non-hydrogen) atoms. The molecule has 0 bridgehead atoms. The van der Waals surface area contributed by atoms with Gasteiger partial charge in [-0.2, -0.15) is 4.31 Å². The van der Waals surface area contributed by atoms with Crippen LogP contribution in [0.25, 0.3) is 0 Å². The maximum absolute atomic E-state index is 12.5. The van der Waals surface area contributed by atoms with E-state index in [4.69, 9.17) is 4.74 Å². The maximum Gasteiger partial charge on any atom is 0.338 e. The van der Waals surface area contributed by atoms with E-state index in [9.17, 15) is 13.2 Å². The summed E-state index contributed by atoms with van der Waals surface area (Å²) >= 11 is 0. The summed E-state index contributed by atoms with van der Waals surface area (Å²) in [6.07, 6.45) is 0. The zero-order valence-corrected chi connectivity index (χ0v) is 14.2. The van der Waals surface area contributed by atoms with Gasteiger partial charge in [0.2, 0.25) is 10.0 Å². The standard InChI is InChI=1S/C14H20N2O4S.ClH/c1-3-20-14(17)12-4-6-13(7-5-12)21(18,19)16-9-8-15-11(2)10-16;/h4-7,11,15H,3,8-10H2,1-2H3;1H/t11-;/m0./s1. The Hall–Kier alpha value is -1.15. The molecule has 6 nitrogen and oxygen atoms in total. The van der Waals surface area contributed by atoms with Crippen LogP contribution in [0.15, 0.2) is 29.2 Å². The van der Waals surface area contributed by atoms with Crippen LogP contribution in [0.2, 0.25) is 0 Å². The first-order valence-corrected chi connectivity index (χ1v) is 8.40. The predicted molar refractivity (Wildman–Crippen MR) is 85.9 cm³/mol. The van der Waals surface area contributed by atoms with Crippen LogP contribution < -0.4 is 5.32 Å². The molecule has 0 aromatic heterocycles. The third kappa shape index (κ3) is 4.19. The quantitative estimate of drug-likeness (QED) is 0.829. The molecule has 1 saturated heterocycles. The number of hydrogen-bond acceptors (Lipinski definition) is 5. The van der Waals surface area contributed by atoms with Gasteiger partial charge in [0.25, 0.3) is 0 Å². The Bertz CT molecular complexity index is 604. The number of nitrogens with one attached hydrogen (secondary N) is 1. The molecule has 1 aromatic carbocycles. The van der Waals surface area contributed by atoms with Gasteiger partial charge in [-0.25, -0.2) is 13.2 Å². The van der Waals surface area contributed by atoms with Gasteiger partial charge < -0.3 is 10.1 Å². The van der Waals surface area contributed by atoms with Crippen LogP contribution in [-0.4, -0.2) is 51.0 Å². The number of benzene rings is 1. The number of piperazine rings is 1. The molecule has 8 heteroatoms. The summed E-state index contributed by atoms with van der Waals surface area (Å²) in [6.45, 7) is 5.50. The number of rotatable bonds is 4. The number of esters is 1. The second-order valence-corrected chi connectivity index (χ2v) is 6.90. The van der Waals surface area contributed by atoms with E-state index in [-0.39, 0.29) is 30.0 Å². The fourth-order valence-corrected chi connectivity index (χ4v) is 3.77. The lowest BCUT2D eigenvalue weighted by molar-refractivity contribution is 0.0526. The molecule has 0 amide bonds. The van der Waals surface area contributed by atoms with E-state index in [2.05, 4.69) is 5.32 Å². The average Bonchev–Trinajstić information content (AvgIpc) is 2.47. The van der Waals surface area contributed by atoms with Gasteiger partial charge in [-0.1, -0.05) is 0 Å². The summed E-state index contributed by atoms with van der Waals surface area (Å²) in [5.74, 6) is -0.447. The van der Waals surface area contributed by atoms with Gasteiger partial charge in [-0.15, -0.1) is 12.4 Å². The molecule has 1 N–H and O–H groups in total. The summed E-state index contributed by atoms with van der Waals surface area (Å²) in [5, 5.41) is 3.21. The van der Waals surface area contributed by atoms with E-state index >= 15 is 0 Å². The predicted octanol–water partition coefficient (Wildman–Crippen LogP) is 1.27. The van der Waals surface area contributed by atoms with Crippen molar-refractivity contribution in [3.05, 3.63) is 29.8 Å². The smallest absolute Gasteiger partial charge is 0.338 e. The van der Waals surface area contributed by atoms with E-state index in [1.807, 2.05) is 6.92 Å². The molecule has 0 aliphatic carbocycles. The number of hydrogen-bond donors (Lipinski definition) is 1. The molecule has 1 aromatic rings. The van der Waals surface area contributed by atoms with E-state index in [0.717, 1.165) is 0 Å². The number of nitrogens with zero attached hydrogens (tertiary/aromatic N) is 1. The topological polar surface area (TPSA) is 75.7 Å². The molecule has 1 aliphatic rings. The zero-order valence-electron chi connectivity index (χ0n) is 12.6. The Morgan fingerprint density at radius 3 is 2.55 bits per heavy atom. The van der Waals surface area contributed by atoms with Crippen LogP contribution in [0, 0.1) is 0 Å². The number of ether oxygens (including phenoxy) is 1. The molecule has 0 spiro atoms. The first-order chi connectivity index (χ1) is 9.95. The highest BCUT2D eigenvalue weighted by Crippen LogP contribution is 2.18. The molecule has 124 valence electrons. The van der Waals surface area contributed by atoms with Crippen LogP contribution in [0.3, 0.4) is 0 Å². The van der Waals surface area contributed by atoms with E-state index in [1.54, 1.807) is 6.92 Å². The minimum Gasteiger partial charge on any atom is -0.462 e. The van der Waals surface area contributed by atoms with Gasteiger partial charge in [-0.3, -0.25) is 0 Å². The average molecular weight is 349 g/mol. The molecule has 1 heterocycles. The molecule has 0 unspecified atom stereocenters. The van der Waals surface area contributed by atoms with Crippen molar-refractivity contribution in [2.24, 2.45) is 0 Å². The minimum absolute atomic E-state index is 0. The Labute approximate surface area is 137 Å². The van der Waals surface area contributed by atoms with Gasteiger partial charge in [0.05, 0.1) is 17.1 Å². The van der Waals surface area contributed by atoms with Crippen LogP contribution in [0.1, 0.15) is 24.2 Å². The van der Waals surface area contributed by atoms with Crippen LogP contribution in [0.4, 0.5) is 0 Å². The first kappa shape index (κ1) is 18.9. The normalized spacial score (nSPS) is 19.3. The third-order valence-electron chi connectivity index (χ3n) is 3.33. The Kier molecular flexibility index (Phi) is 6.80. The summed E-state index contributed by atoms with van der Waals surface area (Å²) in [7, 11) is -3.51. The van der Waals surface area contributed by atoms with Gasteiger partial charge >= 0.3 is 5.97 Å². The molecular weight excluding hydrogens is 328 g/mol. The zero-order chi connectivity index (χ0) is 15.5. The lowest BCUT2D eigenvalue weighted by atomic mass is 10.2. The van der Waals surface area contributed by atoms with Gasteiger partial charge in [-0.05, 0) is 38.1 Å². The first-order valence-electron chi connectivity index (χ1n) is 6.96. The van der Waals surface area contributed by atoms with Crippen molar-refractivity contribution >= 4 is 28.4 Å². The second kappa shape index (κ2) is 7.92. The van der Waals surface area contributed by atoms with Crippen molar-refractivity contribution in [1.29, 1.82) is 0 Å². The van der Waals surface area contributed by atoms with Crippen molar-refractivity contribution in [3.8, 4) is 0 Å². The van der Waals surface area contributed by atoms with Crippen LogP contribution in [-0.2, 0) is 14.8 Å². The highest BCUT2D eigenvalue weighted by molar-refractivity contribution is 7.89. The van der Waals surface area contributed by atoms with E-state index in [0.29, 0.717) is 25.2 Å². The van der Waals surface area contributed by atoms with Crippen molar-refractivity contribution in [1.82, 2.24) is 9.62 Å². The summed E-state index contributed by atoms with van der Waals surface area (Å²) in [6, 6.07) is 6.00. The van der Waals surface area contributed by atoms with E-state index < -0.39 is 16.0 Å². The lowest BCUT2D eigenvalue weighted by Crippen LogP contribution is -2.51. The number of halogens is 1. The fourth-order valence-electron chi connectivity index (χ4n) is 2.24. The maximum atomic E-state index is 12.5. The van der Waals surface area contributed by atoms with Crippen LogP contribution in [0.5, 0.6) is 0 Å². The SMILES string of the molecule is CCOC(=O)c1ccc(S(=O)(=O)N2CCN[C@@H](C)C2)cc1.Cl. The van der Waals surface area contributed by atoms with Crippen molar-refractivity contribution in [2.45, 2.75) is 24.8 Å².